The molecular weight excluding hydrogens is 354 g/mol. The monoisotopic (exact) mass is 371 g/mol. The zero-order valence-corrected chi connectivity index (χ0v) is 14.9. The van der Waals surface area contributed by atoms with Crippen LogP contribution in [-0.4, -0.2) is 24.3 Å². The lowest BCUT2D eigenvalue weighted by Gasteiger charge is -2.06. The number of allylic oxidation sites excluding steroid dienone is 1. The number of rotatable bonds is 5. The smallest absolute Gasteiger partial charge is 0.318 e. The number of para-hydroxylation sites is 1. The average molecular weight is 371 g/mol. The number of benzene rings is 1. The Morgan fingerprint density at radius 3 is 2.77 bits per heavy atom. The summed E-state index contributed by atoms with van der Waals surface area (Å²) < 4.78 is 2.93. The van der Waals surface area contributed by atoms with Crippen LogP contribution in [0.3, 0.4) is 0 Å². The molecule has 2 heterocycles. The van der Waals surface area contributed by atoms with Gasteiger partial charge in [-0.1, -0.05) is 36.0 Å². The molecule has 2 aromatic heterocycles. The number of amides is 1. The SMILES string of the molecule is C=CCn1c(CSC(=O)Nc2ccccc2)nc2c1c(=O)[nH]c(=O)n2C. The number of hydrogen-bond donors (Lipinski definition) is 2. The van der Waals surface area contributed by atoms with Gasteiger partial charge in [-0.2, -0.15) is 0 Å². The second-order valence-electron chi connectivity index (χ2n) is 5.48. The Bertz CT molecular complexity index is 1080. The first-order valence-corrected chi connectivity index (χ1v) is 8.78. The van der Waals surface area contributed by atoms with E-state index in [1.54, 1.807) is 22.8 Å². The largest absolute Gasteiger partial charge is 0.329 e. The molecule has 3 aromatic rings. The highest BCUT2D eigenvalue weighted by molar-refractivity contribution is 8.13. The second-order valence-corrected chi connectivity index (χ2v) is 6.43. The molecule has 9 heteroatoms. The number of anilines is 1. The van der Waals surface area contributed by atoms with Gasteiger partial charge in [0.15, 0.2) is 11.2 Å². The van der Waals surface area contributed by atoms with Crippen molar-refractivity contribution in [2.24, 2.45) is 7.05 Å². The summed E-state index contributed by atoms with van der Waals surface area (Å²) in [6, 6.07) is 9.11. The number of H-pyrrole nitrogens is 1. The van der Waals surface area contributed by atoms with Gasteiger partial charge in [0.2, 0.25) is 0 Å². The van der Waals surface area contributed by atoms with E-state index in [-0.39, 0.29) is 22.2 Å². The number of hydrogen-bond acceptors (Lipinski definition) is 5. The molecule has 0 fully saturated rings. The molecule has 0 unspecified atom stereocenters. The summed E-state index contributed by atoms with van der Waals surface area (Å²) in [5.41, 5.74) is 0.211. The number of aryl methyl sites for hydroxylation is 1. The van der Waals surface area contributed by atoms with Crippen LogP contribution in [0.2, 0.25) is 0 Å². The molecule has 1 amide bonds. The minimum Gasteiger partial charge on any atom is -0.318 e. The van der Waals surface area contributed by atoms with Crippen molar-refractivity contribution in [3.05, 3.63) is 69.6 Å². The van der Waals surface area contributed by atoms with Crippen molar-refractivity contribution in [3.8, 4) is 0 Å². The first-order valence-electron chi connectivity index (χ1n) is 7.79. The van der Waals surface area contributed by atoms with Crippen LogP contribution in [0.25, 0.3) is 11.2 Å². The fourth-order valence-electron chi connectivity index (χ4n) is 2.52. The summed E-state index contributed by atoms with van der Waals surface area (Å²) in [6.07, 6.45) is 1.63. The lowest BCUT2D eigenvalue weighted by molar-refractivity contribution is 0.269. The number of carbonyl (C=O) groups excluding carboxylic acids is 1. The molecular formula is C17H17N5O3S. The Morgan fingerprint density at radius 2 is 2.08 bits per heavy atom. The molecule has 0 bridgehead atoms. The Labute approximate surface area is 152 Å². The third-order valence-electron chi connectivity index (χ3n) is 3.75. The van der Waals surface area contributed by atoms with E-state index in [1.165, 1.54) is 11.6 Å². The van der Waals surface area contributed by atoms with Crippen LogP contribution in [-0.2, 0) is 19.3 Å². The van der Waals surface area contributed by atoms with Gasteiger partial charge in [0, 0.05) is 19.3 Å². The minimum absolute atomic E-state index is 0.240. The van der Waals surface area contributed by atoms with Crippen molar-refractivity contribution in [2.75, 3.05) is 5.32 Å². The Kier molecular flexibility index (Phi) is 5.08. The highest BCUT2D eigenvalue weighted by Gasteiger charge is 2.17. The first-order chi connectivity index (χ1) is 12.5. The Hall–Kier alpha value is -3.07. The minimum atomic E-state index is -0.535. The number of nitrogens with one attached hydrogen (secondary N) is 2. The predicted molar refractivity (Wildman–Crippen MR) is 103 cm³/mol. The van der Waals surface area contributed by atoms with Crippen LogP contribution in [0.5, 0.6) is 0 Å². The van der Waals surface area contributed by atoms with Crippen molar-refractivity contribution in [3.63, 3.8) is 0 Å². The quantitative estimate of drug-likeness (QED) is 0.669. The molecule has 0 spiro atoms. The molecule has 0 saturated carbocycles. The standard InChI is InChI=1S/C17H17N5O3S/c1-3-9-22-12(10-26-17(25)18-11-7-5-4-6-8-11)19-14-13(22)15(23)20-16(24)21(14)2/h3-8H,1,9-10H2,2H3,(H,18,25)(H,20,23,24). The van der Waals surface area contributed by atoms with Crippen LogP contribution < -0.4 is 16.6 Å². The molecule has 1 aromatic carbocycles. The third-order valence-corrected chi connectivity index (χ3v) is 4.52. The topological polar surface area (TPSA) is 102 Å². The van der Waals surface area contributed by atoms with Gasteiger partial charge < -0.3 is 9.88 Å². The zero-order chi connectivity index (χ0) is 18.7. The molecule has 0 aliphatic rings. The molecule has 26 heavy (non-hydrogen) atoms. The van der Waals surface area contributed by atoms with Crippen molar-refractivity contribution in [2.45, 2.75) is 12.3 Å². The summed E-state index contributed by atoms with van der Waals surface area (Å²) in [5, 5.41) is 2.53. The van der Waals surface area contributed by atoms with Gasteiger partial charge in [-0.05, 0) is 12.1 Å². The molecule has 0 aliphatic carbocycles. The molecule has 0 atom stereocenters. The van der Waals surface area contributed by atoms with Crippen LogP contribution >= 0.6 is 11.8 Å². The number of fused-ring (bicyclic) bond motifs is 1. The molecule has 0 radical (unpaired) electrons. The van der Waals surface area contributed by atoms with Gasteiger partial charge in [-0.15, -0.1) is 6.58 Å². The van der Waals surface area contributed by atoms with Crippen LogP contribution in [0.1, 0.15) is 5.82 Å². The third kappa shape index (κ3) is 3.47. The van der Waals surface area contributed by atoms with Crippen molar-refractivity contribution >= 4 is 33.9 Å². The summed E-state index contributed by atoms with van der Waals surface area (Å²) >= 11 is 1.03. The maximum atomic E-state index is 12.2. The van der Waals surface area contributed by atoms with E-state index in [0.29, 0.717) is 18.1 Å². The highest BCUT2D eigenvalue weighted by Crippen LogP contribution is 2.19. The van der Waals surface area contributed by atoms with Gasteiger partial charge in [-0.25, -0.2) is 9.78 Å². The summed E-state index contributed by atoms with van der Waals surface area (Å²) in [5.74, 6) is 0.759. The predicted octanol–water partition coefficient (Wildman–Crippen LogP) is 2.07. The molecule has 3 rings (SSSR count). The fraction of sp³-hybridized carbons (Fsp3) is 0.176. The first kappa shape index (κ1) is 17.7. The molecule has 134 valence electrons. The van der Waals surface area contributed by atoms with Gasteiger partial charge in [0.05, 0.1) is 5.75 Å². The van der Waals surface area contributed by atoms with Gasteiger partial charge in [-0.3, -0.25) is 19.1 Å². The van der Waals surface area contributed by atoms with E-state index in [4.69, 9.17) is 0 Å². The van der Waals surface area contributed by atoms with Gasteiger partial charge in [0.25, 0.3) is 10.8 Å². The number of nitrogens with zero attached hydrogens (tertiary/aromatic N) is 3. The molecule has 0 aliphatic heterocycles. The van der Waals surface area contributed by atoms with Crippen LogP contribution in [0.4, 0.5) is 10.5 Å². The van der Waals surface area contributed by atoms with E-state index < -0.39 is 11.2 Å². The van der Waals surface area contributed by atoms with Crippen LogP contribution in [0, 0.1) is 0 Å². The van der Waals surface area contributed by atoms with Crippen molar-refractivity contribution in [1.82, 2.24) is 19.1 Å². The molecule has 8 nitrogen and oxygen atoms in total. The van der Waals surface area contributed by atoms with Crippen LogP contribution in [0.15, 0.2) is 52.6 Å². The van der Waals surface area contributed by atoms with Gasteiger partial charge in [0.1, 0.15) is 5.82 Å². The number of imidazole rings is 1. The van der Waals surface area contributed by atoms with E-state index >= 15 is 0 Å². The maximum Gasteiger partial charge on any atom is 0.329 e. The van der Waals surface area contributed by atoms with Crippen molar-refractivity contribution < 1.29 is 4.79 Å². The van der Waals surface area contributed by atoms with E-state index in [1.807, 2.05) is 18.2 Å². The lowest BCUT2D eigenvalue weighted by Crippen LogP contribution is -2.29. The second kappa shape index (κ2) is 7.44. The maximum absolute atomic E-state index is 12.2. The summed E-state index contributed by atoms with van der Waals surface area (Å²) in [6.45, 7) is 4.03. The molecule has 2 N–H and O–H groups in total. The zero-order valence-electron chi connectivity index (χ0n) is 14.1. The average Bonchev–Trinajstić information content (AvgIpc) is 2.98. The Balaban J connectivity index is 1.88. The lowest BCUT2D eigenvalue weighted by atomic mass is 10.3. The number of aromatic amines is 1. The number of aromatic nitrogens is 4. The van der Waals surface area contributed by atoms with E-state index in [2.05, 4.69) is 21.9 Å². The molecule has 0 saturated heterocycles. The van der Waals surface area contributed by atoms with E-state index in [9.17, 15) is 14.4 Å². The van der Waals surface area contributed by atoms with Gasteiger partial charge >= 0.3 is 5.69 Å². The Morgan fingerprint density at radius 1 is 1.35 bits per heavy atom. The summed E-state index contributed by atoms with van der Waals surface area (Å²) in [7, 11) is 1.53. The van der Waals surface area contributed by atoms with Crippen molar-refractivity contribution in [1.29, 1.82) is 0 Å². The van der Waals surface area contributed by atoms with E-state index in [0.717, 1.165) is 11.8 Å². The highest BCUT2D eigenvalue weighted by atomic mass is 32.2. The number of thioether (sulfide) groups is 1. The summed E-state index contributed by atoms with van der Waals surface area (Å²) in [4.78, 5) is 42.7. The number of carbonyl (C=O) groups is 1. The fourth-order valence-corrected chi connectivity index (χ4v) is 3.19. The normalized spacial score (nSPS) is 10.8.